The Morgan fingerprint density at radius 2 is 2.09 bits per heavy atom. The minimum absolute atomic E-state index is 0. The normalized spacial score (nSPS) is 16.0. The third-order valence-corrected chi connectivity index (χ3v) is 4.10. The molecule has 1 saturated carbocycles. The van der Waals surface area contributed by atoms with Crippen molar-refractivity contribution in [2.45, 2.75) is 38.4 Å². The highest BCUT2D eigenvalue weighted by atomic mass is 35.5. The van der Waals surface area contributed by atoms with Crippen LogP contribution in [0.2, 0.25) is 0 Å². The van der Waals surface area contributed by atoms with Gasteiger partial charge in [0.1, 0.15) is 5.76 Å². The van der Waals surface area contributed by atoms with E-state index in [2.05, 4.69) is 34.0 Å². The number of rotatable bonds is 4. The van der Waals surface area contributed by atoms with Crippen LogP contribution in [-0.2, 0) is 19.6 Å². The highest BCUT2D eigenvalue weighted by molar-refractivity contribution is 5.92. The summed E-state index contributed by atoms with van der Waals surface area (Å²) < 4.78 is 5.20. The Kier molecular flexibility index (Phi) is 4.18. The maximum absolute atomic E-state index is 12.1. The van der Waals surface area contributed by atoms with E-state index >= 15 is 0 Å². The average molecular weight is 320 g/mol. The topological polar surface area (TPSA) is 67.2 Å². The first-order valence-corrected chi connectivity index (χ1v) is 7.36. The van der Waals surface area contributed by atoms with Crippen molar-refractivity contribution in [3.63, 3.8) is 0 Å². The van der Waals surface area contributed by atoms with Gasteiger partial charge in [-0.1, -0.05) is 23.4 Å². The van der Waals surface area contributed by atoms with Gasteiger partial charge in [0.25, 0.3) is 5.91 Å². The van der Waals surface area contributed by atoms with Gasteiger partial charge in [-0.2, -0.15) is 0 Å². The fraction of sp³-hybridized carbons (Fsp3) is 0.375. The predicted molar refractivity (Wildman–Crippen MR) is 83.9 cm³/mol. The van der Waals surface area contributed by atoms with Gasteiger partial charge >= 0.3 is 0 Å². The highest BCUT2D eigenvalue weighted by Crippen LogP contribution is 2.40. The van der Waals surface area contributed by atoms with E-state index in [0.717, 1.165) is 37.3 Å². The predicted octanol–water partition coefficient (Wildman–Crippen LogP) is 2.51. The van der Waals surface area contributed by atoms with E-state index in [1.54, 1.807) is 6.07 Å². The molecule has 2 aliphatic rings. The SMILES string of the molecule is Cl.O=C(NCc1ccc2c(c1)CNC2)c1cc(C2CC2)on1. The molecule has 0 spiro atoms. The van der Waals surface area contributed by atoms with E-state index in [9.17, 15) is 4.79 Å². The van der Waals surface area contributed by atoms with Crippen molar-refractivity contribution in [2.24, 2.45) is 0 Å². The van der Waals surface area contributed by atoms with Gasteiger partial charge in [-0.15, -0.1) is 12.4 Å². The zero-order valence-electron chi connectivity index (χ0n) is 12.1. The van der Waals surface area contributed by atoms with Crippen LogP contribution in [0.4, 0.5) is 0 Å². The van der Waals surface area contributed by atoms with Crippen LogP contribution < -0.4 is 10.6 Å². The van der Waals surface area contributed by atoms with Crippen LogP contribution in [0.5, 0.6) is 0 Å². The molecule has 1 aliphatic carbocycles. The summed E-state index contributed by atoms with van der Waals surface area (Å²) in [5.41, 5.74) is 4.14. The molecule has 22 heavy (non-hydrogen) atoms. The second kappa shape index (κ2) is 6.10. The lowest BCUT2D eigenvalue weighted by Crippen LogP contribution is -2.23. The van der Waals surface area contributed by atoms with Crippen LogP contribution in [0.25, 0.3) is 0 Å². The van der Waals surface area contributed by atoms with E-state index in [1.165, 1.54) is 11.1 Å². The van der Waals surface area contributed by atoms with Crippen LogP contribution in [0.3, 0.4) is 0 Å². The molecule has 1 fully saturated rings. The molecule has 0 saturated heterocycles. The van der Waals surface area contributed by atoms with Gasteiger partial charge in [0.2, 0.25) is 0 Å². The fourth-order valence-electron chi connectivity index (χ4n) is 2.69. The number of amides is 1. The molecule has 0 atom stereocenters. The Hall–Kier alpha value is -1.85. The highest BCUT2D eigenvalue weighted by Gasteiger charge is 2.28. The second-order valence-electron chi connectivity index (χ2n) is 5.78. The Morgan fingerprint density at radius 3 is 2.91 bits per heavy atom. The Labute approximate surface area is 134 Å². The lowest BCUT2D eigenvalue weighted by atomic mass is 10.1. The molecular weight excluding hydrogens is 302 g/mol. The van der Waals surface area contributed by atoms with Crippen LogP contribution in [-0.4, -0.2) is 11.1 Å². The maximum Gasteiger partial charge on any atom is 0.273 e. The van der Waals surface area contributed by atoms with Crippen molar-refractivity contribution < 1.29 is 9.32 Å². The molecule has 2 N–H and O–H groups in total. The molecule has 1 aromatic carbocycles. The lowest BCUT2D eigenvalue weighted by molar-refractivity contribution is 0.0941. The molecule has 116 valence electrons. The standard InChI is InChI=1S/C16H17N3O2.ClH/c20-16(14-6-15(21-19-14)11-3-4-11)18-7-10-1-2-12-8-17-9-13(12)5-10;/h1-2,5-6,11,17H,3-4,7-9H2,(H,18,20);1H. The summed E-state index contributed by atoms with van der Waals surface area (Å²) in [6, 6.07) is 8.09. The largest absolute Gasteiger partial charge is 0.360 e. The molecular formula is C16H18ClN3O2. The molecule has 6 heteroatoms. The number of benzene rings is 1. The molecule has 1 aromatic heterocycles. The summed E-state index contributed by atoms with van der Waals surface area (Å²) >= 11 is 0. The van der Waals surface area contributed by atoms with Crippen LogP contribution >= 0.6 is 12.4 Å². The minimum Gasteiger partial charge on any atom is -0.360 e. The Balaban J connectivity index is 0.00000144. The molecule has 1 amide bonds. The van der Waals surface area contributed by atoms with E-state index in [1.807, 2.05) is 0 Å². The first-order valence-electron chi connectivity index (χ1n) is 7.36. The number of carbonyl (C=O) groups is 1. The molecule has 0 bridgehead atoms. The summed E-state index contributed by atoms with van der Waals surface area (Å²) in [5.74, 6) is 1.14. The van der Waals surface area contributed by atoms with Gasteiger partial charge in [0.05, 0.1) is 0 Å². The summed E-state index contributed by atoms with van der Waals surface area (Å²) in [7, 11) is 0. The van der Waals surface area contributed by atoms with Crippen molar-refractivity contribution >= 4 is 18.3 Å². The molecule has 0 radical (unpaired) electrons. The number of nitrogens with one attached hydrogen (secondary N) is 2. The lowest BCUT2D eigenvalue weighted by Gasteiger charge is -2.05. The van der Waals surface area contributed by atoms with Crippen LogP contribution in [0, 0.1) is 0 Å². The first kappa shape index (κ1) is 15.1. The first-order chi connectivity index (χ1) is 10.3. The molecule has 4 rings (SSSR count). The van der Waals surface area contributed by atoms with Gasteiger partial charge in [-0.05, 0) is 29.5 Å². The number of carbonyl (C=O) groups excluding carboxylic acids is 1. The number of aromatic nitrogens is 1. The summed E-state index contributed by atoms with van der Waals surface area (Å²) in [6.45, 7) is 2.35. The van der Waals surface area contributed by atoms with E-state index in [4.69, 9.17) is 4.52 Å². The number of hydrogen-bond donors (Lipinski definition) is 2. The van der Waals surface area contributed by atoms with Gasteiger partial charge in [0, 0.05) is 31.6 Å². The molecule has 2 heterocycles. The Morgan fingerprint density at radius 1 is 1.27 bits per heavy atom. The van der Waals surface area contributed by atoms with E-state index in [-0.39, 0.29) is 18.3 Å². The zero-order valence-corrected chi connectivity index (χ0v) is 12.9. The quantitative estimate of drug-likeness (QED) is 0.908. The number of fused-ring (bicyclic) bond motifs is 1. The van der Waals surface area contributed by atoms with Crippen LogP contribution in [0.15, 0.2) is 28.8 Å². The molecule has 1 aliphatic heterocycles. The van der Waals surface area contributed by atoms with Crippen molar-refractivity contribution in [3.05, 3.63) is 52.4 Å². The number of halogens is 1. The smallest absolute Gasteiger partial charge is 0.273 e. The molecule has 5 nitrogen and oxygen atoms in total. The maximum atomic E-state index is 12.1. The van der Waals surface area contributed by atoms with Crippen LogP contribution in [0.1, 0.15) is 51.7 Å². The Bertz CT molecular complexity index is 694. The minimum atomic E-state index is -0.177. The van der Waals surface area contributed by atoms with Crippen molar-refractivity contribution in [1.29, 1.82) is 0 Å². The van der Waals surface area contributed by atoms with E-state index in [0.29, 0.717) is 18.2 Å². The van der Waals surface area contributed by atoms with Gasteiger partial charge in [-0.25, -0.2) is 0 Å². The number of hydrogen-bond acceptors (Lipinski definition) is 4. The van der Waals surface area contributed by atoms with Crippen molar-refractivity contribution in [3.8, 4) is 0 Å². The molecule has 0 unspecified atom stereocenters. The summed E-state index contributed by atoms with van der Waals surface area (Å²) in [5, 5.41) is 10.1. The average Bonchev–Trinajstić information content (AvgIpc) is 3.05. The summed E-state index contributed by atoms with van der Waals surface area (Å²) in [6.07, 6.45) is 2.28. The van der Waals surface area contributed by atoms with Gasteiger partial charge < -0.3 is 15.2 Å². The third kappa shape index (κ3) is 3.00. The van der Waals surface area contributed by atoms with Crippen molar-refractivity contribution in [2.75, 3.05) is 0 Å². The van der Waals surface area contributed by atoms with Gasteiger partial charge in [0.15, 0.2) is 5.69 Å². The fourth-order valence-corrected chi connectivity index (χ4v) is 2.69. The number of nitrogens with zero attached hydrogens (tertiary/aromatic N) is 1. The van der Waals surface area contributed by atoms with Gasteiger partial charge in [-0.3, -0.25) is 4.79 Å². The molecule has 2 aromatic rings. The third-order valence-electron chi connectivity index (χ3n) is 4.10. The monoisotopic (exact) mass is 319 g/mol. The van der Waals surface area contributed by atoms with Crippen molar-refractivity contribution in [1.82, 2.24) is 15.8 Å². The second-order valence-corrected chi connectivity index (χ2v) is 5.78. The zero-order chi connectivity index (χ0) is 14.2. The summed E-state index contributed by atoms with van der Waals surface area (Å²) in [4.78, 5) is 12.1. The van der Waals surface area contributed by atoms with E-state index < -0.39 is 0 Å².